The summed E-state index contributed by atoms with van der Waals surface area (Å²) in [4.78, 5) is 27.6. The zero-order chi connectivity index (χ0) is 16.4. The van der Waals surface area contributed by atoms with Crippen LogP contribution < -0.4 is 9.80 Å². The highest BCUT2D eigenvalue weighted by atomic mass is 16.5. The standard InChI is InChI=1S/C18H24N2O3/c1-3-23-18(22)14-6-9-19(10-7-14)16-4-5-17-15(12-16)8-11-20(17)13(2)21/h4-5,12,14H,3,6-11H2,1-2H3. The molecular weight excluding hydrogens is 292 g/mol. The number of hydrogen-bond donors (Lipinski definition) is 0. The van der Waals surface area contributed by atoms with Gasteiger partial charge in [-0.1, -0.05) is 0 Å². The van der Waals surface area contributed by atoms with Gasteiger partial charge in [-0.25, -0.2) is 0 Å². The first kappa shape index (κ1) is 15.8. The predicted molar refractivity (Wildman–Crippen MR) is 89.7 cm³/mol. The van der Waals surface area contributed by atoms with Gasteiger partial charge in [0.05, 0.1) is 12.5 Å². The molecule has 3 rings (SSSR count). The van der Waals surface area contributed by atoms with Gasteiger partial charge in [-0.3, -0.25) is 9.59 Å². The lowest BCUT2D eigenvalue weighted by atomic mass is 9.96. The Morgan fingerprint density at radius 2 is 1.96 bits per heavy atom. The fourth-order valence-electron chi connectivity index (χ4n) is 3.55. The fraction of sp³-hybridized carbons (Fsp3) is 0.556. The Hall–Kier alpha value is -2.04. The van der Waals surface area contributed by atoms with Crippen LogP contribution in [0.4, 0.5) is 11.4 Å². The number of amides is 1. The minimum absolute atomic E-state index is 0.0360. The topological polar surface area (TPSA) is 49.9 Å². The van der Waals surface area contributed by atoms with Gasteiger partial charge in [0.25, 0.3) is 0 Å². The summed E-state index contributed by atoms with van der Waals surface area (Å²) in [6.07, 6.45) is 2.60. The van der Waals surface area contributed by atoms with Crippen molar-refractivity contribution >= 4 is 23.3 Å². The number of piperidine rings is 1. The molecule has 1 amide bonds. The van der Waals surface area contributed by atoms with Gasteiger partial charge < -0.3 is 14.5 Å². The van der Waals surface area contributed by atoms with E-state index in [1.54, 1.807) is 6.92 Å². The lowest BCUT2D eigenvalue weighted by Gasteiger charge is -2.33. The maximum atomic E-state index is 11.8. The SMILES string of the molecule is CCOC(=O)C1CCN(c2ccc3c(c2)CCN3C(C)=O)CC1. The van der Waals surface area contributed by atoms with Crippen molar-refractivity contribution in [2.24, 2.45) is 5.92 Å². The number of fused-ring (bicyclic) bond motifs is 1. The minimum atomic E-state index is -0.0572. The highest BCUT2D eigenvalue weighted by Gasteiger charge is 2.27. The third kappa shape index (κ3) is 3.19. The molecule has 0 unspecified atom stereocenters. The van der Waals surface area contributed by atoms with Gasteiger partial charge in [0.1, 0.15) is 0 Å². The predicted octanol–water partition coefficient (Wildman–Crippen LogP) is 2.38. The number of carbonyl (C=O) groups is 2. The molecule has 0 bridgehead atoms. The molecule has 0 N–H and O–H groups in total. The number of rotatable bonds is 3. The Kier molecular flexibility index (Phi) is 4.55. The van der Waals surface area contributed by atoms with Crippen LogP contribution in [-0.4, -0.2) is 38.1 Å². The van der Waals surface area contributed by atoms with Crippen molar-refractivity contribution < 1.29 is 14.3 Å². The molecule has 0 saturated carbocycles. The Morgan fingerprint density at radius 3 is 2.61 bits per heavy atom. The van der Waals surface area contributed by atoms with Crippen LogP contribution in [0.1, 0.15) is 32.3 Å². The number of nitrogens with zero attached hydrogens (tertiary/aromatic N) is 2. The normalized spacial score (nSPS) is 18.0. The first-order chi connectivity index (χ1) is 11.1. The molecule has 2 heterocycles. The molecule has 0 aliphatic carbocycles. The van der Waals surface area contributed by atoms with Crippen molar-refractivity contribution in [2.75, 3.05) is 36.0 Å². The molecule has 1 fully saturated rings. The molecule has 0 radical (unpaired) electrons. The number of carbonyl (C=O) groups excluding carboxylic acids is 2. The molecule has 0 aromatic heterocycles. The van der Waals surface area contributed by atoms with Crippen LogP contribution in [0.3, 0.4) is 0 Å². The van der Waals surface area contributed by atoms with E-state index >= 15 is 0 Å². The molecule has 0 atom stereocenters. The largest absolute Gasteiger partial charge is 0.466 e. The first-order valence-corrected chi connectivity index (χ1v) is 8.42. The van der Waals surface area contributed by atoms with Crippen molar-refractivity contribution in [3.8, 4) is 0 Å². The van der Waals surface area contributed by atoms with E-state index < -0.39 is 0 Å². The number of hydrogen-bond acceptors (Lipinski definition) is 4. The molecule has 124 valence electrons. The quantitative estimate of drug-likeness (QED) is 0.803. The van der Waals surface area contributed by atoms with E-state index in [0.29, 0.717) is 6.61 Å². The summed E-state index contributed by atoms with van der Waals surface area (Å²) in [5, 5.41) is 0. The molecule has 2 aliphatic rings. The molecule has 0 spiro atoms. The average Bonchev–Trinajstić information content (AvgIpc) is 2.98. The van der Waals surface area contributed by atoms with Gasteiger partial charge in [0, 0.05) is 37.9 Å². The third-order valence-corrected chi connectivity index (χ3v) is 4.82. The second-order valence-electron chi connectivity index (χ2n) is 6.25. The number of benzene rings is 1. The van der Waals surface area contributed by atoms with E-state index in [1.165, 1.54) is 11.3 Å². The van der Waals surface area contributed by atoms with Gasteiger partial charge >= 0.3 is 5.97 Å². The Balaban J connectivity index is 1.66. The third-order valence-electron chi connectivity index (χ3n) is 4.82. The number of anilines is 2. The maximum Gasteiger partial charge on any atom is 0.309 e. The molecule has 5 heteroatoms. The minimum Gasteiger partial charge on any atom is -0.466 e. The van der Waals surface area contributed by atoms with Gasteiger partial charge in [0.15, 0.2) is 0 Å². The van der Waals surface area contributed by atoms with Gasteiger partial charge in [0.2, 0.25) is 5.91 Å². The first-order valence-electron chi connectivity index (χ1n) is 8.42. The summed E-state index contributed by atoms with van der Waals surface area (Å²) >= 11 is 0. The zero-order valence-electron chi connectivity index (χ0n) is 13.9. The Labute approximate surface area is 137 Å². The molecule has 23 heavy (non-hydrogen) atoms. The number of esters is 1. The van der Waals surface area contributed by atoms with Crippen molar-refractivity contribution in [1.82, 2.24) is 0 Å². The molecule has 1 saturated heterocycles. The summed E-state index contributed by atoms with van der Waals surface area (Å²) in [5.41, 5.74) is 3.48. The Bertz CT molecular complexity index is 606. The van der Waals surface area contributed by atoms with E-state index in [2.05, 4.69) is 23.1 Å². The monoisotopic (exact) mass is 316 g/mol. The van der Waals surface area contributed by atoms with E-state index in [1.807, 2.05) is 11.8 Å². The van der Waals surface area contributed by atoms with E-state index in [9.17, 15) is 9.59 Å². The summed E-state index contributed by atoms with van der Waals surface area (Å²) in [6.45, 7) is 6.44. The molecule has 1 aromatic rings. The van der Waals surface area contributed by atoms with E-state index in [-0.39, 0.29) is 17.8 Å². The highest BCUT2D eigenvalue weighted by molar-refractivity contribution is 5.94. The van der Waals surface area contributed by atoms with Crippen LogP contribution in [-0.2, 0) is 20.7 Å². The van der Waals surface area contributed by atoms with Crippen LogP contribution in [0, 0.1) is 5.92 Å². The average molecular weight is 316 g/mol. The zero-order valence-corrected chi connectivity index (χ0v) is 13.9. The summed E-state index contributed by atoms with van der Waals surface area (Å²) < 4.78 is 5.12. The van der Waals surface area contributed by atoms with Crippen molar-refractivity contribution in [1.29, 1.82) is 0 Å². The van der Waals surface area contributed by atoms with Crippen LogP contribution >= 0.6 is 0 Å². The van der Waals surface area contributed by atoms with Crippen molar-refractivity contribution in [3.05, 3.63) is 23.8 Å². The van der Waals surface area contributed by atoms with Crippen molar-refractivity contribution in [2.45, 2.75) is 33.1 Å². The fourth-order valence-corrected chi connectivity index (χ4v) is 3.55. The van der Waals surface area contributed by atoms with Crippen molar-refractivity contribution in [3.63, 3.8) is 0 Å². The molecular formula is C18H24N2O3. The van der Waals surface area contributed by atoms with Crippen LogP contribution in [0.2, 0.25) is 0 Å². The van der Waals surface area contributed by atoms with Gasteiger partial charge in [-0.05, 0) is 49.9 Å². The summed E-state index contributed by atoms with van der Waals surface area (Å²) in [7, 11) is 0. The summed E-state index contributed by atoms with van der Waals surface area (Å²) in [5.74, 6) is 0.0822. The smallest absolute Gasteiger partial charge is 0.309 e. The maximum absolute atomic E-state index is 11.8. The summed E-state index contributed by atoms with van der Waals surface area (Å²) in [6, 6.07) is 6.34. The van der Waals surface area contributed by atoms with Gasteiger partial charge in [-0.2, -0.15) is 0 Å². The molecule has 5 nitrogen and oxygen atoms in total. The van der Waals surface area contributed by atoms with Gasteiger partial charge in [-0.15, -0.1) is 0 Å². The number of ether oxygens (including phenoxy) is 1. The lowest BCUT2D eigenvalue weighted by Crippen LogP contribution is -2.37. The second kappa shape index (κ2) is 6.60. The van der Waals surface area contributed by atoms with Crippen LogP contribution in [0.15, 0.2) is 18.2 Å². The lowest BCUT2D eigenvalue weighted by molar-refractivity contribution is -0.148. The van der Waals surface area contributed by atoms with Crippen LogP contribution in [0.25, 0.3) is 0 Å². The van der Waals surface area contributed by atoms with E-state index in [0.717, 1.165) is 44.6 Å². The highest BCUT2D eigenvalue weighted by Crippen LogP contribution is 2.33. The molecule has 1 aromatic carbocycles. The second-order valence-corrected chi connectivity index (χ2v) is 6.25. The van der Waals surface area contributed by atoms with Crippen LogP contribution in [0.5, 0.6) is 0 Å². The Morgan fingerprint density at radius 1 is 1.22 bits per heavy atom. The molecule has 2 aliphatic heterocycles. The van der Waals surface area contributed by atoms with E-state index in [4.69, 9.17) is 4.74 Å².